The van der Waals surface area contributed by atoms with Crippen LogP contribution in [-0.2, 0) is 115 Å². The van der Waals surface area contributed by atoms with Crippen molar-refractivity contribution in [2.45, 2.75) is 160 Å². The van der Waals surface area contributed by atoms with Crippen molar-refractivity contribution in [2.24, 2.45) is 11.3 Å². The number of rotatable bonds is 47. The van der Waals surface area contributed by atoms with E-state index in [1.165, 1.54) is 42.5 Å². The monoisotopic (exact) mass is 1660 g/mol. The molecule has 0 aliphatic rings. The zero-order valence-electron chi connectivity index (χ0n) is 72.1. The molecule has 32 nitrogen and oxygen atoms in total. The van der Waals surface area contributed by atoms with E-state index in [2.05, 4.69) is 148 Å². The van der Waals surface area contributed by atoms with Crippen molar-refractivity contribution in [1.82, 2.24) is 42.5 Å². The highest BCUT2D eigenvalue weighted by molar-refractivity contribution is 5.93. The van der Waals surface area contributed by atoms with Gasteiger partial charge >= 0.3 is 47.8 Å². The molecule has 8 N–H and O–H groups in total. The predicted molar refractivity (Wildman–Crippen MR) is 456 cm³/mol. The molecule has 8 amide bonds. The number of amides is 8. The Bertz CT molecular complexity index is 3470. The van der Waals surface area contributed by atoms with E-state index in [1.807, 2.05) is 41.5 Å². The molecule has 5 atom stereocenters. The molecule has 0 saturated heterocycles. The average Bonchev–Trinajstić information content (AvgIpc) is 0.909. The molecule has 0 aromatic rings. The maximum atomic E-state index is 11.2. The molecular formula is C86H132N8O24. The van der Waals surface area contributed by atoms with E-state index in [-0.39, 0.29) is 129 Å². The van der Waals surface area contributed by atoms with Gasteiger partial charge in [0.2, 0.25) is 47.3 Å². The average molecular weight is 1660 g/mol. The fourth-order valence-corrected chi connectivity index (χ4v) is 6.01. The molecule has 118 heavy (non-hydrogen) atoms. The van der Waals surface area contributed by atoms with Crippen molar-refractivity contribution in [3.05, 3.63) is 198 Å². The van der Waals surface area contributed by atoms with Crippen LogP contribution in [0.1, 0.15) is 136 Å². The van der Waals surface area contributed by atoms with Gasteiger partial charge in [0.25, 0.3) is 0 Å². The molecule has 0 spiro atoms. The van der Waals surface area contributed by atoms with E-state index < -0.39 is 47.8 Å². The number of hydrogen-bond donors (Lipinski definition) is 8. The molecule has 32 heteroatoms. The maximum absolute atomic E-state index is 11.2. The standard InChI is InChI=1S/C12H19NO3.5C11H17NO3.C10H15NO3.C9H13NO3/c1-6-10(14)13-7-12(4,5)8-16-11(15)9(2)3;1-5-10(13)12-6-9(4)7-15-11(14)8(2)3;1-5-10(13)12-9(4)6-7-15-11(14)8(2)3;1-5-10(13)12-7-6-9(4)15-11(14)8(2)3;1-5-9(12-10(13)6-2)7-15-11(14)8(3)4;1-5-9(7-12-10(13)6-2)15-11(14)8(3)4;1-4-9(12)11-6-5-7-14-10(13)8(2)3;1-4-8(11)10-5-6-13-9(12)7(2)3/h6H,1-2,7-8H2,3-5H3,(H,13,14);3*5,9H,1-2,6-7H2,3-4H3,(H,12,13);2*6,9H,2-3,5,7H2,1,4H3,(H,12,13);4H,1-2,5-7H2,3H3,(H,11,12);4H,1-2,5-6H2,3H3,(H,10,11). The Hall–Kier alpha value is -12.6. The molecule has 5 unspecified atom stereocenters. The minimum absolute atomic E-state index is 0.0478. The van der Waals surface area contributed by atoms with E-state index in [0.29, 0.717) is 109 Å². The third kappa shape index (κ3) is 82.8. The third-order valence-electron chi connectivity index (χ3n) is 13.0. The van der Waals surface area contributed by atoms with Crippen LogP contribution in [0.4, 0.5) is 0 Å². The number of carbonyl (C=O) groups excluding carboxylic acids is 16. The Kier molecular flexibility index (Phi) is 77.7. The number of ether oxygens (including phenoxy) is 8. The van der Waals surface area contributed by atoms with Gasteiger partial charge in [0.1, 0.15) is 25.4 Å². The summed E-state index contributed by atoms with van der Waals surface area (Å²) in [6.45, 7) is 83.6. The first-order valence-electron chi connectivity index (χ1n) is 36.8. The molecule has 0 fully saturated rings. The molecule has 0 aliphatic carbocycles. The van der Waals surface area contributed by atoms with E-state index in [0.717, 1.165) is 6.08 Å². The Morgan fingerprint density at radius 2 is 0.669 bits per heavy atom. The van der Waals surface area contributed by atoms with Crippen LogP contribution in [0.5, 0.6) is 0 Å². The van der Waals surface area contributed by atoms with Gasteiger partial charge in [-0.1, -0.05) is 140 Å². The minimum atomic E-state index is -0.451. The molecule has 0 aromatic carbocycles. The van der Waals surface area contributed by atoms with Crippen LogP contribution in [0.2, 0.25) is 0 Å². The van der Waals surface area contributed by atoms with Crippen LogP contribution < -0.4 is 42.5 Å². The van der Waals surface area contributed by atoms with Crippen molar-refractivity contribution >= 4 is 95.0 Å². The van der Waals surface area contributed by atoms with Crippen LogP contribution in [0, 0.1) is 11.3 Å². The van der Waals surface area contributed by atoms with Gasteiger partial charge in [-0.25, -0.2) is 38.4 Å². The van der Waals surface area contributed by atoms with Crippen LogP contribution in [0.25, 0.3) is 0 Å². The minimum Gasteiger partial charge on any atom is -0.462 e. The lowest BCUT2D eigenvalue weighted by Gasteiger charge is -2.24. The zero-order valence-corrected chi connectivity index (χ0v) is 72.1. The third-order valence-corrected chi connectivity index (χ3v) is 13.0. The molecule has 0 radical (unpaired) electrons. The molecule has 660 valence electrons. The van der Waals surface area contributed by atoms with Crippen molar-refractivity contribution in [3.63, 3.8) is 0 Å². The molecular weight excluding hydrogens is 1530 g/mol. The molecule has 0 saturated carbocycles. The fraction of sp³-hybridized carbons (Fsp3) is 0.442. The summed E-state index contributed by atoms with van der Waals surface area (Å²) in [5, 5.41) is 20.8. The Morgan fingerprint density at radius 1 is 0.339 bits per heavy atom. The first kappa shape index (κ1) is 121. The lowest BCUT2D eigenvalue weighted by atomic mass is 9.95. The zero-order chi connectivity index (χ0) is 93.2. The first-order chi connectivity index (χ1) is 54.8. The van der Waals surface area contributed by atoms with Gasteiger partial charge in [-0.15, -0.1) is 0 Å². The van der Waals surface area contributed by atoms with Crippen molar-refractivity contribution in [2.75, 3.05) is 78.9 Å². The van der Waals surface area contributed by atoms with Crippen LogP contribution in [0.15, 0.2) is 198 Å². The number of hydrogen-bond acceptors (Lipinski definition) is 24. The summed E-state index contributed by atoms with van der Waals surface area (Å²) in [6.07, 6.45) is 12.0. The second-order valence-corrected chi connectivity index (χ2v) is 26.0. The topological polar surface area (TPSA) is 443 Å². The Balaban J connectivity index is -0.000000195. The van der Waals surface area contributed by atoms with E-state index in [1.54, 1.807) is 62.3 Å². The van der Waals surface area contributed by atoms with Gasteiger partial charge in [-0.2, -0.15) is 0 Å². The van der Waals surface area contributed by atoms with Crippen LogP contribution in [0.3, 0.4) is 0 Å². The van der Waals surface area contributed by atoms with E-state index in [4.69, 9.17) is 37.9 Å². The summed E-state index contributed by atoms with van der Waals surface area (Å²) in [4.78, 5) is 175. The number of esters is 8. The van der Waals surface area contributed by atoms with Gasteiger partial charge in [-0.05, 0) is 137 Å². The molecule has 0 bridgehead atoms. The normalized spacial score (nSPS) is 10.6. The molecule has 0 rings (SSSR count). The lowest BCUT2D eigenvalue weighted by Crippen LogP contribution is -2.37. The number of nitrogens with one attached hydrogen (secondary N) is 8. The van der Waals surface area contributed by atoms with Gasteiger partial charge in [0, 0.05) is 101 Å². The first-order valence-corrected chi connectivity index (χ1v) is 36.8. The second-order valence-electron chi connectivity index (χ2n) is 26.0. The highest BCUT2D eigenvalue weighted by Gasteiger charge is 2.22. The van der Waals surface area contributed by atoms with Gasteiger partial charge in [-0.3, -0.25) is 38.4 Å². The van der Waals surface area contributed by atoms with Gasteiger partial charge < -0.3 is 80.4 Å². The number of carbonyl (C=O) groups is 16. The quantitative estimate of drug-likeness (QED) is 0.0123. The van der Waals surface area contributed by atoms with Gasteiger partial charge in [0.05, 0.1) is 45.6 Å². The second kappa shape index (κ2) is 75.7. The molecule has 0 aromatic heterocycles. The summed E-state index contributed by atoms with van der Waals surface area (Å²) in [5.41, 5.74) is 2.58. The van der Waals surface area contributed by atoms with E-state index in [9.17, 15) is 76.7 Å². The molecule has 0 aliphatic heterocycles. The Morgan fingerprint density at radius 3 is 1.07 bits per heavy atom. The highest BCUT2D eigenvalue weighted by Crippen LogP contribution is 2.15. The summed E-state index contributed by atoms with van der Waals surface area (Å²) in [5.74, 6) is -5.28. The van der Waals surface area contributed by atoms with Gasteiger partial charge in [0.15, 0.2) is 0 Å². The fourth-order valence-electron chi connectivity index (χ4n) is 6.01. The summed E-state index contributed by atoms with van der Waals surface area (Å²) in [7, 11) is 0. The highest BCUT2D eigenvalue weighted by atomic mass is 16.6. The van der Waals surface area contributed by atoms with E-state index >= 15 is 0 Å². The SMILES string of the molecule is C=CC(=O)NC(C)CCOC(=O)C(=C)C.C=CC(=O)NC(CC)COC(=O)C(=C)C.C=CC(=O)NCC(C)(C)COC(=O)C(=C)C.C=CC(=O)NCC(C)COC(=O)C(=C)C.C=CC(=O)NCC(CC)OC(=O)C(=C)C.C=CC(=O)NCCC(C)OC(=O)C(=C)C.C=CC(=O)NCCCOC(=O)C(=C)C.C=CC(=O)NCCOC(=O)C(=C)C. The summed E-state index contributed by atoms with van der Waals surface area (Å²) in [6, 6.07) is -0.229. The van der Waals surface area contributed by atoms with Crippen molar-refractivity contribution in [3.8, 4) is 0 Å². The predicted octanol–water partition coefficient (Wildman–Crippen LogP) is 8.43. The summed E-state index contributed by atoms with van der Waals surface area (Å²) >= 11 is 0. The van der Waals surface area contributed by atoms with Crippen molar-refractivity contribution in [1.29, 1.82) is 0 Å². The Labute approximate surface area is 698 Å². The summed E-state index contributed by atoms with van der Waals surface area (Å²) < 4.78 is 39.3. The smallest absolute Gasteiger partial charge is 0.333 e. The van der Waals surface area contributed by atoms with Crippen LogP contribution >= 0.6 is 0 Å². The molecule has 0 heterocycles. The largest absolute Gasteiger partial charge is 0.462 e. The maximum Gasteiger partial charge on any atom is 0.333 e. The van der Waals surface area contributed by atoms with Crippen molar-refractivity contribution < 1.29 is 115 Å². The lowest BCUT2D eigenvalue weighted by molar-refractivity contribution is -0.145. The van der Waals surface area contributed by atoms with Crippen LogP contribution in [-0.4, -0.2) is 198 Å².